The molecule has 24 heavy (non-hydrogen) atoms. The van der Waals surface area contributed by atoms with Gasteiger partial charge in [-0.25, -0.2) is 4.39 Å². The van der Waals surface area contributed by atoms with Crippen LogP contribution in [0.5, 0.6) is 0 Å². The van der Waals surface area contributed by atoms with Crippen LogP contribution < -0.4 is 11.1 Å². The Kier molecular flexibility index (Phi) is 7.47. The summed E-state index contributed by atoms with van der Waals surface area (Å²) in [6.07, 6.45) is 1.21. The van der Waals surface area contributed by atoms with Crippen LogP contribution in [0.4, 0.5) is 4.39 Å². The number of carbonyl (C=O) groups excluding carboxylic acids is 1. The lowest BCUT2D eigenvalue weighted by Crippen LogP contribution is -2.51. The highest BCUT2D eigenvalue weighted by molar-refractivity contribution is 6.31. The second-order valence-electron chi connectivity index (χ2n) is 6.76. The Bertz CT molecular complexity index is 555. The van der Waals surface area contributed by atoms with Crippen molar-refractivity contribution >= 4 is 29.9 Å². The van der Waals surface area contributed by atoms with Gasteiger partial charge in [0, 0.05) is 42.3 Å². The molecule has 1 aliphatic heterocycles. The van der Waals surface area contributed by atoms with Crippen molar-refractivity contribution in [3.8, 4) is 0 Å². The van der Waals surface area contributed by atoms with E-state index < -0.39 is 10.8 Å². The molecule has 1 aromatic carbocycles. The van der Waals surface area contributed by atoms with Gasteiger partial charge < -0.3 is 15.8 Å². The molecule has 0 atom stereocenters. The maximum absolute atomic E-state index is 14.1. The number of hydrogen-bond donors (Lipinski definition) is 2. The van der Waals surface area contributed by atoms with Gasteiger partial charge in [-0.15, -0.1) is 12.4 Å². The van der Waals surface area contributed by atoms with E-state index in [2.05, 4.69) is 5.32 Å². The summed E-state index contributed by atoms with van der Waals surface area (Å²) in [7, 11) is 0. The quantitative estimate of drug-likeness (QED) is 0.827. The summed E-state index contributed by atoms with van der Waals surface area (Å²) in [5.74, 6) is -0.458. The fourth-order valence-corrected chi connectivity index (χ4v) is 3.43. The summed E-state index contributed by atoms with van der Waals surface area (Å²) in [6, 6.07) is 4.61. The number of ether oxygens (including phenoxy) is 1. The number of halogens is 3. The number of nitrogens with one attached hydrogen (secondary N) is 1. The first-order valence-electron chi connectivity index (χ1n) is 7.83. The van der Waals surface area contributed by atoms with Crippen molar-refractivity contribution in [1.82, 2.24) is 5.32 Å². The molecule has 0 aromatic heterocycles. The van der Waals surface area contributed by atoms with Crippen LogP contribution in [0.15, 0.2) is 18.2 Å². The molecule has 3 N–H and O–H groups in total. The molecule has 1 saturated heterocycles. The Morgan fingerprint density at radius 3 is 2.58 bits per heavy atom. The van der Waals surface area contributed by atoms with Gasteiger partial charge in [-0.1, -0.05) is 31.5 Å². The lowest BCUT2D eigenvalue weighted by molar-refractivity contribution is -0.136. The Morgan fingerprint density at radius 2 is 2.04 bits per heavy atom. The summed E-state index contributed by atoms with van der Waals surface area (Å²) in [6.45, 7) is 5.35. The molecule has 0 unspecified atom stereocenters. The van der Waals surface area contributed by atoms with Gasteiger partial charge in [0.15, 0.2) is 0 Å². The molecule has 0 aliphatic carbocycles. The summed E-state index contributed by atoms with van der Waals surface area (Å²) in [5, 5.41) is 3.30. The first-order chi connectivity index (χ1) is 10.8. The SMILES string of the molecule is CC(C)(CNC(=O)C1(CN)CCOCC1)c1c(F)cccc1Cl.Cl. The molecule has 1 fully saturated rings. The molecule has 0 radical (unpaired) electrons. The summed E-state index contributed by atoms with van der Waals surface area (Å²) < 4.78 is 19.5. The first-order valence-corrected chi connectivity index (χ1v) is 8.21. The summed E-state index contributed by atoms with van der Waals surface area (Å²) >= 11 is 6.14. The third-order valence-electron chi connectivity index (χ3n) is 4.65. The molecule has 0 bridgehead atoms. The smallest absolute Gasteiger partial charge is 0.227 e. The zero-order valence-corrected chi connectivity index (χ0v) is 15.6. The van der Waals surface area contributed by atoms with E-state index in [0.717, 1.165) is 0 Å². The van der Waals surface area contributed by atoms with Crippen LogP contribution in [0.25, 0.3) is 0 Å². The monoisotopic (exact) mass is 378 g/mol. The Labute approximate surface area is 153 Å². The molecule has 1 amide bonds. The standard InChI is InChI=1S/C17H24ClFN2O2.ClH/c1-16(2,14-12(18)4-3-5-13(14)19)11-21-15(22)17(10-20)6-8-23-9-7-17;/h3-5H,6-11,20H2,1-2H3,(H,21,22);1H. The highest BCUT2D eigenvalue weighted by atomic mass is 35.5. The van der Waals surface area contributed by atoms with Crippen LogP contribution in [-0.4, -0.2) is 32.2 Å². The number of rotatable bonds is 5. The van der Waals surface area contributed by atoms with Crippen molar-refractivity contribution in [2.75, 3.05) is 26.3 Å². The molecule has 4 nitrogen and oxygen atoms in total. The molecule has 1 heterocycles. The van der Waals surface area contributed by atoms with Crippen molar-refractivity contribution in [2.45, 2.75) is 32.1 Å². The van der Waals surface area contributed by atoms with Crippen LogP contribution in [0.2, 0.25) is 5.02 Å². The minimum Gasteiger partial charge on any atom is -0.381 e. The molecule has 136 valence electrons. The van der Waals surface area contributed by atoms with Crippen LogP contribution >= 0.6 is 24.0 Å². The van der Waals surface area contributed by atoms with Crippen molar-refractivity contribution in [1.29, 1.82) is 0 Å². The zero-order chi connectivity index (χ0) is 17.1. The Balaban J connectivity index is 0.00000288. The van der Waals surface area contributed by atoms with Crippen LogP contribution in [-0.2, 0) is 14.9 Å². The van der Waals surface area contributed by atoms with E-state index in [4.69, 9.17) is 22.1 Å². The van der Waals surface area contributed by atoms with Gasteiger partial charge in [-0.05, 0) is 25.0 Å². The molecule has 0 saturated carbocycles. The Morgan fingerprint density at radius 1 is 1.42 bits per heavy atom. The van der Waals surface area contributed by atoms with Crippen molar-refractivity contribution in [3.63, 3.8) is 0 Å². The highest BCUT2D eigenvalue weighted by Crippen LogP contribution is 2.33. The number of benzene rings is 1. The van der Waals surface area contributed by atoms with Gasteiger partial charge in [-0.2, -0.15) is 0 Å². The second kappa shape index (κ2) is 8.48. The Hall–Kier alpha value is -0.880. The van der Waals surface area contributed by atoms with E-state index in [0.29, 0.717) is 36.6 Å². The molecule has 1 aliphatic rings. The van der Waals surface area contributed by atoms with Crippen LogP contribution in [0, 0.1) is 11.2 Å². The first kappa shape index (κ1) is 21.2. The normalized spacial score (nSPS) is 17.0. The van der Waals surface area contributed by atoms with Crippen molar-refractivity contribution in [3.05, 3.63) is 34.6 Å². The van der Waals surface area contributed by atoms with E-state index in [1.54, 1.807) is 12.1 Å². The lowest BCUT2D eigenvalue weighted by Gasteiger charge is -2.36. The number of carbonyl (C=O) groups is 1. The maximum atomic E-state index is 14.1. The number of amides is 1. The van der Waals surface area contributed by atoms with Crippen LogP contribution in [0.3, 0.4) is 0 Å². The summed E-state index contributed by atoms with van der Waals surface area (Å²) in [5.41, 5.74) is 5.04. The summed E-state index contributed by atoms with van der Waals surface area (Å²) in [4.78, 5) is 12.6. The van der Waals surface area contributed by atoms with Crippen LogP contribution in [0.1, 0.15) is 32.3 Å². The van der Waals surface area contributed by atoms with E-state index in [1.807, 2.05) is 13.8 Å². The van der Waals surface area contributed by atoms with Gasteiger partial charge in [0.1, 0.15) is 5.82 Å². The van der Waals surface area contributed by atoms with Gasteiger partial charge >= 0.3 is 0 Å². The van der Waals surface area contributed by atoms with E-state index in [-0.39, 0.29) is 37.2 Å². The molecule has 7 heteroatoms. The molecule has 2 rings (SSSR count). The van der Waals surface area contributed by atoms with Gasteiger partial charge in [0.25, 0.3) is 0 Å². The molecule has 1 aromatic rings. The third-order valence-corrected chi connectivity index (χ3v) is 4.97. The van der Waals surface area contributed by atoms with E-state index in [9.17, 15) is 9.18 Å². The molecular weight excluding hydrogens is 354 g/mol. The predicted molar refractivity (Wildman–Crippen MR) is 96.2 cm³/mol. The van der Waals surface area contributed by atoms with Crippen molar-refractivity contribution in [2.24, 2.45) is 11.1 Å². The fourth-order valence-electron chi connectivity index (χ4n) is 3.01. The predicted octanol–water partition coefficient (Wildman–Crippen LogP) is 3.05. The highest BCUT2D eigenvalue weighted by Gasteiger charge is 2.39. The second-order valence-corrected chi connectivity index (χ2v) is 7.17. The fraction of sp³-hybridized carbons (Fsp3) is 0.588. The van der Waals surface area contributed by atoms with Gasteiger partial charge in [-0.3, -0.25) is 4.79 Å². The average Bonchev–Trinajstić information content (AvgIpc) is 2.53. The minimum absolute atomic E-state index is 0. The number of nitrogens with two attached hydrogens (primary N) is 1. The maximum Gasteiger partial charge on any atom is 0.227 e. The minimum atomic E-state index is -0.626. The molecular formula is C17H25Cl2FN2O2. The lowest BCUT2D eigenvalue weighted by atomic mass is 9.78. The number of hydrogen-bond acceptors (Lipinski definition) is 3. The zero-order valence-electron chi connectivity index (χ0n) is 14.0. The topological polar surface area (TPSA) is 64.4 Å². The van der Waals surface area contributed by atoms with Gasteiger partial charge in [0.05, 0.1) is 5.41 Å². The molecule has 0 spiro atoms. The average molecular weight is 379 g/mol. The van der Waals surface area contributed by atoms with Crippen molar-refractivity contribution < 1.29 is 13.9 Å². The van der Waals surface area contributed by atoms with Gasteiger partial charge in [0.2, 0.25) is 5.91 Å². The third kappa shape index (κ3) is 4.39. The van der Waals surface area contributed by atoms with E-state index >= 15 is 0 Å². The van der Waals surface area contributed by atoms with E-state index in [1.165, 1.54) is 6.07 Å². The largest absolute Gasteiger partial charge is 0.381 e.